The summed E-state index contributed by atoms with van der Waals surface area (Å²) in [5, 5.41) is 4.73. The number of fused-ring (bicyclic) bond motifs is 3. The molecule has 4 heteroatoms. The summed E-state index contributed by atoms with van der Waals surface area (Å²) in [6, 6.07) is 12.4. The van der Waals surface area contributed by atoms with E-state index in [9.17, 15) is 9.59 Å². The minimum atomic E-state index is -0.353. The van der Waals surface area contributed by atoms with Crippen LogP contribution < -0.4 is 10.9 Å². The van der Waals surface area contributed by atoms with E-state index in [1.54, 1.807) is 30.3 Å². The van der Waals surface area contributed by atoms with Crippen molar-refractivity contribution in [2.75, 3.05) is 5.32 Å². The van der Waals surface area contributed by atoms with Crippen molar-refractivity contribution in [3.05, 3.63) is 52.9 Å². The van der Waals surface area contributed by atoms with Crippen molar-refractivity contribution < 1.29 is 9.21 Å². The van der Waals surface area contributed by atoms with Gasteiger partial charge in [0.15, 0.2) is 0 Å². The Morgan fingerprint density at radius 3 is 2.56 bits per heavy atom. The molecule has 88 valence electrons. The van der Waals surface area contributed by atoms with E-state index in [-0.39, 0.29) is 5.63 Å². The molecule has 0 radical (unpaired) electrons. The van der Waals surface area contributed by atoms with Gasteiger partial charge in [-0.15, -0.1) is 0 Å². The van der Waals surface area contributed by atoms with Gasteiger partial charge in [0.2, 0.25) is 6.41 Å². The van der Waals surface area contributed by atoms with Gasteiger partial charge in [0, 0.05) is 11.1 Å². The summed E-state index contributed by atoms with van der Waals surface area (Å²) in [6.45, 7) is 0. The Kier molecular flexibility index (Phi) is 2.34. The summed E-state index contributed by atoms with van der Waals surface area (Å²) in [5.74, 6) is 0. The van der Waals surface area contributed by atoms with Crippen LogP contribution in [0.1, 0.15) is 0 Å². The molecule has 0 bridgehead atoms. The third-order valence-electron chi connectivity index (χ3n) is 2.84. The van der Waals surface area contributed by atoms with Crippen LogP contribution in [0.3, 0.4) is 0 Å². The van der Waals surface area contributed by atoms with Crippen molar-refractivity contribution in [2.24, 2.45) is 0 Å². The van der Waals surface area contributed by atoms with Crippen molar-refractivity contribution in [3.63, 3.8) is 0 Å². The van der Waals surface area contributed by atoms with E-state index in [1.807, 2.05) is 12.1 Å². The number of nitrogens with one attached hydrogen (secondary N) is 1. The quantitative estimate of drug-likeness (QED) is 0.424. The first-order chi connectivity index (χ1) is 8.79. The monoisotopic (exact) mass is 239 g/mol. The van der Waals surface area contributed by atoms with Crippen LogP contribution in [0.5, 0.6) is 0 Å². The molecule has 3 aromatic rings. The van der Waals surface area contributed by atoms with Crippen molar-refractivity contribution in [3.8, 4) is 0 Å². The predicted octanol–water partition coefficient (Wildman–Crippen LogP) is 2.51. The molecule has 4 nitrogen and oxygen atoms in total. The van der Waals surface area contributed by atoms with Gasteiger partial charge in [0.05, 0.1) is 5.39 Å². The molecule has 0 spiro atoms. The van der Waals surface area contributed by atoms with Crippen molar-refractivity contribution in [1.29, 1.82) is 0 Å². The summed E-state index contributed by atoms with van der Waals surface area (Å²) in [4.78, 5) is 22.2. The lowest BCUT2D eigenvalue weighted by Crippen LogP contribution is -2.00. The van der Waals surface area contributed by atoms with E-state index in [0.717, 1.165) is 10.8 Å². The maximum Gasteiger partial charge on any atom is 0.344 e. The number of carbonyl (C=O) groups excluding carboxylic acids is 1. The van der Waals surface area contributed by atoms with Crippen LogP contribution in [0.25, 0.3) is 21.7 Å². The molecule has 0 aliphatic carbocycles. The van der Waals surface area contributed by atoms with Crippen LogP contribution in [-0.4, -0.2) is 6.41 Å². The second kappa shape index (κ2) is 4.00. The number of hydrogen-bond acceptors (Lipinski definition) is 3. The molecule has 18 heavy (non-hydrogen) atoms. The Bertz CT molecular complexity index is 805. The average molecular weight is 239 g/mol. The maximum absolute atomic E-state index is 11.8. The van der Waals surface area contributed by atoms with Gasteiger partial charge in [0.1, 0.15) is 5.58 Å². The topological polar surface area (TPSA) is 59.3 Å². The highest BCUT2D eigenvalue weighted by molar-refractivity contribution is 6.05. The fourth-order valence-corrected chi connectivity index (χ4v) is 2.04. The summed E-state index contributed by atoms with van der Waals surface area (Å²) in [5.41, 5.74) is 0.820. The van der Waals surface area contributed by atoms with Gasteiger partial charge in [-0.1, -0.05) is 18.2 Å². The standard InChI is InChI=1S/C14H9NO3/c16-8-15-9-5-6-13-12(7-9)10-3-1-2-4-11(10)14(17)18-13/h1-8H,(H,15,16). The van der Waals surface area contributed by atoms with E-state index < -0.39 is 0 Å². The molecule has 0 saturated carbocycles. The number of benzene rings is 2. The minimum Gasteiger partial charge on any atom is -0.422 e. The highest BCUT2D eigenvalue weighted by Crippen LogP contribution is 2.25. The Morgan fingerprint density at radius 1 is 1.00 bits per heavy atom. The lowest BCUT2D eigenvalue weighted by molar-refractivity contribution is -0.105. The number of amides is 1. The van der Waals surface area contributed by atoms with Crippen LogP contribution in [-0.2, 0) is 4.79 Å². The van der Waals surface area contributed by atoms with E-state index in [2.05, 4.69) is 5.32 Å². The molecule has 2 aromatic carbocycles. The minimum absolute atomic E-state index is 0.353. The summed E-state index contributed by atoms with van der Waals surface area (Å²) >= 11 is 0. The molecule has 0 saturated heterocycles. The van der Waals surface area contributed by atoms with E-state index in [1.165, 1.54) is 0 Å². The van der Waals surface area contributed by atoms with E-state index in [0.29, 0.717) is 23.1 Å². The summed E-state index contributed by atoms with van der Waals surface area (Å²) in [6.07, 6.45) is 0.614. The second-order valence-electron chi connectivity index (χ2n) is 3.91. The third kappa shape index (κ3) is 1.55. The fraction of sp³-hybridized carbons (Fsp3) is 0. The highest BCUT2D eigenvalue weighted by atomic mass is 16.4. The van der Waals surface area contributed by atoms with Crippen molar-refractivity contribution in [2.45, 2.75) is 0 Å². The largest absolute Gasteiger partial charge is 0.422 e. The van der Waals surface area contributed by atoms with Crippen LogP contribution >= 0.6 is 0 Å². The van der Waals surface area contributed by atoms with E-state index in [4.69, 9.17) is 4.42 Å². The Hall–Kier alpha value is -2.62. The molecule has 1 heterocycles. The lowest BCUT2D eigenvalue weighted by Gasteiger charge is -2.04. The zero-order valence-electron chi connectivity index (χ0n) is 9.34. The van der Waals surface area contributed by atoms with Crippen molar-refractivity contribution in [1.82, 2.24) is 0 Å². The summed E-state index contributed by atoms with van der Waals surface area (Å²) < 4.78 is 5.24. The molecule has 0 aliphatic heterocycles. The van der Waals surface area contributed by atoms with Gasteiger partial charge in [-0.25, -0.2) is 4.79 Å². The Balaban J connectivity index is 2.46. The van der Waals surface area contributed by atoms with Crippen LogP contribution in [0.4, 0.5) is 5.69 Å². The van der Waals surface area contributed by atoms with E-state index >= 15 is 0 Å². The number of rotatable bonds is 2. The Labute approximate surface area is 102 Å². The maximum atomic E-state index is 11.8. The van der Waals surface area contributed by atoms with Crippen molar-refractivity contribution >= 4 is 33.8 Å². The van der Waals surface area contributed by atoms with Gasteiger partial charge < -0.3 is 9.73 Å². The molecule has 1 aromatic heterocycles. The fourth-order valence-electron chi connectivity index (χ4n) is 2.04. The molecular weight excluding hydrogens is 230 g/mol. The molecule has 0 fully saturated rings. The molecule has 3 rings (SSSR count). The smallest absolute Gasteiger partial charge is 0.344 e. The van der Waals surface area contributed by atoms with Gasteiger partial charge in [-0.05, 0) is 29.7 Å². The average Bonchev–Trinajstić information content (AvgIpc) is 2.40. The lowest BCUT2D eigenvalue weighted by atomic mass is 10.1. The molecule has 1 amide bonds. The molecule has 0 unspecified atom stereocenters. The first-order valence-corrected chi connectivity index (χ1v) is 5.45. The first-order valence-electron chi connectivity index (χ1n) is 5.45. The van der Waals surface area contributed by atoms with Gasteiger partial charge in [-0.3, -0.25) is 4.79 Å². The normalized spacial score (nSPS) is 10.7. The zero-order chi connectivity index (χ0) is 12.5. The molecule has 1 N–H and O–H groups in total. The number of carbonyl (C=O) groups is 1. The SMILES string of the molecule is O=CNc1ccc2oc(=O)c3ccccc3c2c1. The van der Waals surface area contributed by atoms with Gasteiger partial charge in [-0.2, -0.15) is 0 Å². The highest BCUT2D eigenvalue weighted by Gasteiger charge is 2.06. The number of hydrogen-bond donors (Lipinski definition) is 1. The third-order valence-corrected chi connectivity index (χ3v) is 2.84. The summed E-state index contributed by atoms with van der Waals surface area (Å²) in [7, 11) is 0. The Morgan fingerprint density at radius 2 is 1.78 bits per heavy atom. The second-order valence-corrected chi connectivity index (χ2v) is 3.91. The molecule has 0 atom stereocenters. The molecular formula is C14H9NO3. The van der Waals surface area contributed by atoms with Crippen LogP contribution in [0.15, 0.2) is 51.7 Å². The van der Waals surface area contributed by atoms with Gasteiger partial charge in [0.25, 0.3) is 0 Å². The first kappa shape index (κ1) is 10.5. The number of anilines is 1. The molecule has 0 aliphatic rings. The van der Waals surface area contributed by atoms with Crippen LogP contribution in [0.2, 0.25) is 0 Å². The van der Waals surface area contributed by atoms with Gasteiger partial charge >= 0.3 is 5.63 Å². The van der Waals surface area contributed by atoms with Crippen LogP contribution in [0, 0.1) is 0 Å². The zero-order valence-corrected chi connectivity index (χ0v) is 9.34. The predicted molar refractivity (Wildman–Crippen MR) is 69.7 cm³/mol.